The van der Waals surface area contributed by atoms with Crippen LogP contribution in [0.15, 0.2) is 23.3 Å². The molecular formula is C10H14O2. The number of carboxylic acid groups (broad SMARTS) is 1. The van der Waals surface area contributed by atoms with Gasteiger partial charge in [0.05, 0.1) is 0 Å². The van der Waals surface area contributed by atoms with Gasteiger partial charge in [0, 0.05) is 6.08 Å². The minimum atomic E-state index is -0.844. The standard InChI is InChI=1S/C10H14O2/c1-7-3-8(2)5-9(4-7)6-10(11)12/h4,6,8H,3,5H2,1-2H3,(H,11,12)/b9-6-. The smallest absolute Gasteiger partial charge is 0.328 e. The van der Waals surface area contributed by atoms with Crippen LogP contribution in [0.2, 0.25) is 0 Å². The van der Waals surface area contributed by atoms with Crippen LogP contribution in [0, 0.1) is 5.92 Å². The Hall–Kier alpha value is -1.05. The summed E-state index contributed by atoms with van der Waals surface area (Å²) in [5, 5.41) is 8.53. The molecule has 0 aromatic carbocycles. The van der Waals surface area contributed by atoms with Gasteiger partial charge in [0.1, 0.15) is 0 Å². The first-order valence-electron chi connectivity index (χ1n) is 4.18. The van der Waals surface area contributed by atoms with E-state index >= 15 is 0 Å². The first-order chi connectivity index (χ1) is 5.58. The van der Waals surface area contributed by atoms with Crippen LogP contribution < -0.4 is 0 Å². The Morgan fingerprint density at radius 1 is 1.67 bits per heavy atom. The summed E-state index contributed by atoms with van der Waals surface area (Å²) in [5.74, 6) is -0.260. The zero-order valence-electron chi connectivity index (χ0n) is 7.50. The molecule has 2 heteroatoms. The van der Waals surface area contributed by atoms with Gasteiger partial charge in [0.25, 0.3) is 0 Å². The van der Waals surface area contributed by atoms with E-state index in [0.29, 0.717) is 5.92 Å². The van der Waals surface area contributed by atoms with E-state index < -0.39 is 5.97 Å². The number of carboxylic acids is 1. The predicted octanol–water partition coefficient (Wildman–Crippen LogP) is 2.37. The summed E-state index contributed by atoms with van der Waals surface area (Å²) in [7, 11) is 0. The van der Waals surface area contributed by atoms with Crippen molar-refractivity contribution in [2.24, 2.45) is 5.92 Å². The molecule has 1 rings (SSSR count). The lowest BCUT2D eigenvalue weighted by Gasteiger charge is -2.18. The van der Waals surface area contributed by atoms with Crippen LogP contribution in [0.25, 0.3) is 0 Å². The number of aliphatic carboxylic acids is 1. The molecular weight excluding hydrogens is 152 g/mol. The minimum Gasteiger partial charge on any atom is -0.478 e. The Balaban J connectivity index is 2.79. The van der Waals surface area contributed by atoms with E-state index in [9.17, 15) is 4.79 Å². The summed E-state index contributed by atoms with van der Waals surface area (Å²) in [6.45, 7) is 4.19. The molecule has 12 heavy (non-hydrogen) atoms. The van der Waals surface area contributed by atoms with Gasteiger partial charge in [0.15, 0.2) is 0 Å². The van der Waals surface area contributed by atoms with Gasteiger partial charge in [-0.1, -0.05) is 18.6 Å². The highest BCUT2D eigenvalue weighted by Gasteiger charge is 2.12. The lowest BCUT2D eigenvalue weighted by molar-refractivity contribution is -0.131. The van der Waals surface area contributed by atoms with Gasteiger partial charge in [-0.25, -0.2) is 4.79 Å². The maximum atomic E-state index is 10.4. The van der Waals surface area contributed by atoms with Crippen molar-refractivity contribution in [2.75, 3.05) is 0 Å². The van der Waals surface area contributed by atoms with E-state index in [1.165, 1.54) is 11.6 Å². The molecule has 0 radical (unpaired) electrons. The monoisotopic (exact) mass is 166 g/mol. The Morgan fingerprint density at radius 2 is 2.33 bits per heavy atom. The van der Waals surface area contributed by atoms with E-state index in [-0.39, 0.29) is 0 Å². The molecule has 0 fully saturated rings. The summed E-state index contributed by atoms with van der Waals surface area (Å²) < 4.78 is 0. The molecule has 0 bridgehead atoms. The number of hydrogen-bond acceptors (Lipinski definition) is 1. The van der Waals surface area contributed by atoms with Gasteiger partial charge in [0.2, 0.25) is 0 Å². The van der Waals surface area contributed by atoms with E-state index in [1.807, 2.05) is 13.0 Å². The summed E-state index contributed by atoms with van der Waals surface area (Å²) in [5.41, 5.74) is 2.22. The average Bonchev–Trinajstić information content (AvgIpc) is 1.81. The van der Waals surface area contributed by atoms with E-state index in [4.69, 9.17) is 5.11 Å². The quantitative estimate of drug-likeness (QED) is 0.607. The fourth-order valence-corrected chi connectivity index (χ4v) is 1.72. The van der Waals surface area contributed by atoms with Crippen molar-refractivity contribution in [2.45, 2.75) is 26.7 Å². The van der Waals surface area contributed by atoms with Crippen molar-refractivity contribution >= 4 is 5.97 Å². The zero-order valence-corrected chi connectivity index (χ0v) is 7.50. The van der Waals surface area contributed by atoms with Crippen LogP contribution in [0.4, 0.5) is 0 Å². The van der Waals surface area contributed by atoms with E-state index in [1.54, 1.807) is 0 Å². The molecule has 0 saturated heterocycles. The Labute approximate surface area is 72.6 Å². The molecule has 0 aliphatic heterocycles. The van der Waals surface area contributed by atoms with E-state index in [0.717, 1.165) is 18.4 Å². The molecule has 0 aromatic heterocycles. The molecule has 66 valence electrons. The second-order valence-electron chi connectivity index (χ2n) is 3.56. The summed E-state index contributed by atoms with van der Waals surface area (Å²) >= 11 is 0. The van der Waals surface area contributed by atoms with E-state index in [2.05, 4.69) is 6.92 Å². The van der Waals surface area contributed by atoms with Gasteiger partial charge in [-0.15, -0.1) is 0 Å². The molecule has 0 heterocycles. The molecule has 1 aliphatic rings. The van der Waals surface area contributed by atoms with Crippen molar-refractivity contribution < 1.29 is 9.90 Å². The van der Waals surface area contributed by atoms with Gasteiger partial charge < -0.3 is 5.11 Å². The van der Waals surface area contributed by atoms with Crippen LogP contribution in [-0.4, -0.2) is 11.1 Å². The van der Waals surface area contributed by atoms with Crippen LogP contribution in [-0.2, 0) is 4.79 Å². The molecule has 1 unspecified atom stereocenters. The molecule has 0 saturated carbocycles. The fourth-order valence-electron chi connectivity index (χ4n) is 1.72. The Kier molecular flexibility index (Phi) is 2.69. The summed E-state index contributed by atoms with van der Waals surface area (Å²) in [6.07, 6.45) is 5.27. The maximum Gasteiger partial charge on any atom is 0.328 e. The lowest BCUT2D eigenvalue weighted by atomic mass is 9.88. The van der Waals surface area contributed by atoms with Gasteiger partial charge in [-0.3, -0.25) is 0 Å². The van der Waals surface area contributed by atoms with Crippen molar-refractivity contribution in [1.29, 1.82) is 0 Å². The van der Waals surface area contributed by atoms with Crippen LogP contribution in [0.3, 0.4) is 0 Å². The largest absolute Gasteiger partial charge is 0.478 e. The molecule has 2 nitrogen and oxygen atoms in total. The summed E-state index contributed by atoms with van der Waals surface area (Å²) in [6, 6.07) is 0. The van der Waals surface area contributed by atoms with Crippen LogP contribution in [0.5, 0.6) is 0 Å². The van der Waals surface area contributed by atoms with Crippen molar-refractivity contribution in [3.63, 3.8) is 0 Å². The second-order valence-corrected chi connectivity index (χ2v) is 3.56. The topological polar surface area (TPSA) is 37.3 Å². The molecule has 1 atom stereocenters. The molecule has 1 aliphatic carbocycles. The first kappa shape index (κ1) is 9.04. The van der Waals surface area contributed by atoms with Crippen molar-refractivity contribution in [3.8, 4) is 0 Å². The molecule has 0 aromatic rings. The van der Waals surface area contributed by atoms with Crippen LogP contribution in [0.1, 0.15) is 26.7 Å². The Bertz CT molecular complexity index is 249. The zero-order chi connectivity index (χ0) is 9.14. The number of rotatable bonds is 1. The normalized spacial score (nSPS) is 27.0. The SMILES string of the molecule is CC1=C/C(=C/C(=O)O)CC(C)C1. The fraction of sp³-hybridized carbons (Fsp3) is 0.500. The first-order valence-corrected chi connectivity index (χ1v) is 4.18. The highest BCUT2D eigenvalue weighted by Crippen LogP contribution is 2.26. The third-order valence-electron chi connectivity index (χ3n) is 2.00. The maximum absolute atomic E-state index is 10.4. The highest BCUT2D eigenvalue weighted by atomic mass is 16.4. The molecule has 0 spiro atoms. The lowest BCUT2D eigenvalue weighted by Crippen LogP contribution is -2.04. The number of allylic oxidation sites excluding steroid dienone is 3. The molecule has 1 N–H and O–H groups in total. The summed E-state index contributed by atoms with van der Waals surface area (Å²) in [4.78, 5) is 10.4. The minimum absolute atomic E-state index is 0.584. The third kappa shape index (κ3) is 2.53. The predicted molar refractivity (Wildman–Crippen MR) is 47.9 cm³/mol. The van der Waals surface area contributed by atoms with Crippen LogP contribution >= 0.6 is 0 Å². The van der Waals surface area contributed by atoms with Crippen molar-refractivity contribution in [3.05, 3.63) is 23.3 Å². The van der Waals surface area contributed by atoms with Crippen molar-refractivity contribution in [1.82, 2.24) is 0 Å². The second kappa shape index (κ2) is 3.57. The third-order valence-corrected chi connectivity index (χ3v) is 2.00. The Morgan fingerprint density at radius 3 is 2.83 bits per heavy atom. The highest BCUT2D eigenvalue weighted by molar-refractivity contribution is 5.81. The average molecular weight is 166 g/mol. The number of carbonyl (C=O) groups is 1. The number of hydrogen-bond donors (Lipinski definition) is 1. The molecule has 0 amide bonds. The van der Waals surface area contributed by atoms with Gasteiger partial charge in [-0.05, 0) is 31.3 Å². The van der Waals surface area contributed by atoms with Gasteiger partial charge >= 0.3 is 5.97 Å². The van der Waals surface area contributed by atoms with Gasteiger partial charge in [-0.2, -0.15) is 0 Å².